The first-order valence-corrected chi connectivity index (χ1v) is 15.3. The van der Waals surface area contributed by atoms with Gasteiger partial charge in [0.25, 0.3) is 5.91 Å². The van der Waals surface area contributed by atoms with E-state index in [-0.39, 0.29) is 22.5 Å². The first-order valence-electron chi connectivity index (χ1n) is 12.9. The van der Waals surface area contributed by atoms with E-state index in [1.54, 1.807) is 12.1 Å². The van der Waals surface area contributed by atoms with Gasteiger partial charge < -0.3 is 24.5 Å². The molecule has 2 aromatic heterocycles. The van der Waals surface area contributed by atoms with Crippen LogP contribution in [0.1, 0.15) is 18.4 Å². The van der Waals surface area contributed by atoms with Gasteiger partial charge in [-0.3, -0.25) is 10.1 Å². The maximum atomic E-state index is 13.4. The molecular formula is C26H34N6O6S2. The zero-order valence-corrected chi connectivity index (χ0v) is 24.4. The number of sulfone groups is 1. The van der Waals surface area contributed by atoms with Crippen LogP contribution >= 0.6 is 11.3 Å². The van der Waals surface area contributed by atoms with Crippen LogP contribution in [-0.2, 0) is 28.9 Å². The maximum absolute atomic E-state index is 13.4. The van der Waals surface area contributed by atoms with Crippen LogP contribution in [0.4, 0.5) is 10.9 Å². The van der Waals surface area contributed by atoms with Crippen molar-refractivity contribution >= 4 is 54.1 Å². The molecule has 1 saturated heterocycles. The summed E-state index contributed by atoms with van der Waals surface area (Å²) in [6.45, 7) is 2.90. The Morgan fingerprint density at radius 1 is 1.20 bits per heavy atom. The molecule has 12 nitrogen and oxygen atoms in total. The molecule has 1 atom stereocenters. The Morgan fingerprint density at radius 3 is 2.70 bits per heavy atom. The Bertz CT molecular complexity index is 1420. The summed E-state index contributed by atoms with van der Waals surface area (Å²) in [6, 6.07) is 9.70. The molecule has 4 rings (SSSR count). The quantitative estimate of drug-likeness (QED) is 0.163. The fraction of sp³-hybridized carbons (Fsp3) is 0.462. The molecule has 14 heteroatoms. The molecule has 0 saturated carbocycles. The second kappa shape index (κ2) is 13.9. The van der Waals surface area contributed by atoms with Crippen LogP contribution in [0.2, 0.25) is 0 Å². The SMILES string of the molecule is COCCCS(=O)(=O)c1ccc(C(=NO[C@@H]2CCOC2)C(=O)Nc2nc3ccc(NCCN(C)C)nc3s2)cc1. The first-order chi connectivity index (χ1) is 19.2. The van der Waals surface area contributed by atoms with Crippen molar-refractivity contribution < 1.29 is 27.5 Å². The van der Waals surface area contributed by atoms with E-state index in [4.69, 9.17) is 14.3 Å². The second-order valence-corrected chi connectivity index (χ2v) is 12.5. The van der Waals surface area contributed by atoms with Gasteiger partial charge in [0.05, 0.1) is 23.9 Å². The summed E-state index contributed by atoms with van der Waals surface area (Å²) in [4.78, 5) is 30.9. The van der Waals surface area contributed by atoms with E-state index < -0.39 is 15.7 Å². The number of nitrogens with one attached hydrogen (secondary N) is 2. The minimum absolute atomic E-state index is 0.00603. The lowest BCUT2D eigenvalue weighted by molar-refractivity contribution is -0.110. The third-order valence-corrected chi connectivity index (χ3v) is 8.68. The highest BCUT2D eigenvalue weighted by atomic mass is 32.2. The zero-order chi connectivity index (χ0) is 28.5. The summed E-state index contributed by atoms with van der Waals surface area (Å²) in [5, 5.41) is 10.6. The molecule has 3 heterocycles. The molecule has 1 aliphatic rings. The van der Waals surface area contributed by atoms with Crippen molar-refractivity contribution in [3.05, 3.63) is 42.0 Å². The molecule has 0 spiro atoms. The van der Waals surface area contributed by atoms with Crippen molar-refractivity contribution in [2.24, 2.45) is 5.16 Å². The Morgan fingerprint density at radius 2 is 2.00 bits per heavy atom. The Labute approximate surface area is 237 Å². The molecule has 0 unspecified atom stereocenters. The molecule has 2 N–H and O–H groups in total. The number of thiazole rings is 1. The molecular weight excluding hydrogens is 556 g/mol. The van der Waals surface area contributed by atoms with Gasteiger partial charge in [-0.25, -0.2) is 18.4 Å². The van der Waals surface area contributed by atoms with Crippen LogP contribution in [0.15, 0.2) is 46.4 Å². The van der Waals surface area contributed by atoms with E-state index in [1.165, 1.54) is 30.6 Å². The summed E-state index contributed by atoms with van der Waals surface area (Å²) < 4.78 is 35.6. The molecule has 1 aromatic carbocycles. The van der Waals surface area contributed by atoms with E-state index in [0.717, 1.165) is 18.9 Å². The van der Waals surface area contributed by atoms with Gasteiger partial charge in [-0.2, -0.15) is 0 Å². The van der Waals surface area contributed by atoms with Crippen LogP contribution in [-0.4, -0.2) is 101 Å². The number of carbonyl (C=O) groups excluding carboxylic acids is 1. The van der Waals surface area contributed by atoms with Crippen LogP contribution < -0.4 is 10.6 Å². The van der Waals surface area contributed by atoms with Gasteiger partial charge in [-0.15, -0.1) is 0 Å². The van der Waals surface area contributed by atoms with Crippen molar-refractivity contribution in [1.29, 1.82) is 0 Å². The predicted molar refractivity (Wildman–Crippen MR) is 155 cm³/mol. The number of pyridine rings is 1. The van der Waals surface area contributed by atoms with Crippen molar-refractivity contribution in [3.63, 3.8) is 0 Å². The lowest BCUT2D eigenvalue weighted by atomic mass is 10.1. The molecule has 3 aromatic rings. The van der Waals surface area contributed by atoms with Crippen LogP contribution in [0.25, 0.3) is 10.3 Å². The van der Waals surface area contributed by atoms with E-state index in [9.17, 15) is 13.2 Å². The van der Waals surface area contributed by atoms with Gasteiger partial charge in [0.2, 0.25) is 0 Å². The molecule has 216 valence electrons. The van der Waals surface area contributed by atoms with E-state index in [1.807, 2.05) is 26.2 Å². The van der Waals surface area contributed by atoms with Gasteiger partial charge in [0.1, 0.15) is 16.2 Å². The average molecular weight is 591 g/mol. The number of ether oxygens (including phenoxy) is 2. The second-order valence-electron chi connectivity index (χ2n) is 9.44. The summed E-state index contributed by atoms with van der Waals surface area (Å²) in [7, 11) is 2.04. The van der Waals surface area contributed by atoms with Gasteiger partial charge in [0, 0.05) is 38.8 Å². The predicted octanol–water partition coefficient (Wildman–Crippen LogP) is 2.62. The summed E-state index contributed by atoms with van der Waals surface area (Å²) in [6.07, 6.45) is 0.775. The van der Waals surface area contributed by atoms with Crippen molar-refractivity contribution in [1.82, 2.24) is 14.9 Å². The van der Waals surface area contributed by atoms with Crippen LogP contribution in [0.5, 0.6) is 0 Å². The lowest BCUT2D eigenvalue weighted by Gasteiger charge is -2.10. The molecule has 1 fully saturated rings. The average Bonchev–Trinajstić information content (AvgIpc) is 3.58. The third kappa shape index (κ3) is 8.17. The molecule has 0 aliphatic carbocycles. The number of aromatic nitrogens is 2. The summed E-state index contributed by atoms with van der Waals surface area (Å²) in [5.41, 5.74) is 1.05. The molecule has 1 aliphatic heterocycles. The summed E-state index contributed by atoms with van der Waals surface area (Å²) >= 11 is 1.24. The number of likely N-dealkylation sites (N-methyl/N-ethyl adjacent to an activating group) is 1. The normalized spacial score (nSPS) is 16.0. The number of nitrogens with zero attached hydrogens (tertiary/aromatic N) is 4. The van der Waals surface area contributed by atoms with Crippen molar-refractivity contribution in [3.8, 4) is 0 Å². The lowest BCUT2D eigenvalue weighted by Crippen LogP contribution is -2.25. The van der Waals surface area contributed by atoms with Gasteiger partial charge in [0.15, 0.2) is 26.8 Å². The highest BCUT2D eigenvalue weighted by molar-refractivity contribution is 7.91. The monoisotopic (exact) mass is 590 g/mol. The number of carbonyl (C=O) groups is 1. The smallest absolute Gasteiger partial charge is 0.280 e. The number of benzene rings is 1. The van der Waals surface area contributed by atoms with E-state index in [2.05, 4.69) is 30.7 Å². The Hall–Kier alpha value is -3.17. The number of amides is 1. The highest BCUT2D eigenvalue weighted by Crippen LogP contribution is 2.26. The minimum Gasteiger partial charge on any atom is -0.389 e. The highest BCUT2D eigenvalue weighted by Gasteiger charge is 2.22. The molecule has 0 radical (unpaired) electrons. The topological polar surface area (TPSA) is 144 Å². The number of hydrogen-bond acceptors (Lipinski definition) is 12. The largest absolute Gasteiger partial charge is 0.389 e. The summed E-state index contributed by atoms with van der Waals surface area (Å²) in [5.74, 6) is 0.144. The fourth-order valence-corrected chi connectivity index (χ4v) is 5.93. The number of methoxy groups -OCH3 is 1. The number of oxime groups is 1. The molecule has 40 heavy (non-hydrogen) atoms. The first kappa shape index (κ1) is 29.8. The molecule has 1 amide bonds. The van der Waals surface area contributed by atoms with Gasteiger partial charge in [-0.05, 0) is 44.8 Å². The van der Waals surface area contributed by atoms with Gasteiger partial charge >= 0.3 is 0 Å². The van der Waals surface area contributed by atoms with Gasteiger partial charge in [-0.1, -0.05) is 28.6 Å². The van der Waals surface area contributed by atoms with Crippen molar-refractivity contribution in [2.45, 2.75) is 23.8 Å². The standard InChI is InChI=1S/C26H34N6O6S2/c1-32(2)13-12-27-22-10-9-21-25(29-22)39-26(28-21)30-24(33)23(31-38-19-11-15-37-17-19)18-5-7-20(8-6-18)40(34,35)16-4-14-36-3/h5-10,19H,4,11-17H2,1-3H3,(H,27,29)(H,28,30,33)/t19-/m1/s1. The number of hydrogen-bond donors (Lipinski definition) is 2. The van der Waals surface area contributed by atoms with E-state index in [0.29, 0.717) is 53.7 Å². The van der Waals surface area contributed by atoms with Crippen molar-refractivity contribution in [2.75, 3.05) is 70.5 Å². The number of rotatable bonds is 14. The minimum atomic E-state index is -3.49. The number of anilines is 2. The zero-order valence-electron chi connectivity index (χ0n) is 22.8. The van der Waals surface area contributed by atoms with E-state index >= 15 is 0 Å². The molecule has 0 bridgehead atoms. The van der Waals surface area contributed by atoms with Crippen LogP contribution in [0.3, 0.4) is 0 Å². The maximum Gasteiger partial charge on any atom is 0.280 e. The Kier molecular flexibility index (Phi) is 10.4. The Balaban J connectivity index is 1.52. The fourth-order valence-electron chi connectivity index (χ4n) is 3.81. The van der Waals surface area contributed by atoms with Crippen LogP contribution in [0, 0.1) is 0 Å². The number of fused-ring (bicyclic) bond motifs is 1. The third-order valence-electron chi connectivity index (χ3n) is 5.99.